The lowest BCUT2D eigenvalue weighted by molar-refractivity contribution is -0.167. The van der Waals surface area contributed by atoms with Crippen LogP contribution < -0.4 is 0 Å². The van der Waals surface area contributed by atoms with E-state index in [1.807, 2.05) is 0 Å². The zero-order valence-corrected chi connectivity index (χ0v) is 53.5. The zero-order valence-electron chi connectivity index (χ0n) is 53.5. The summed E-state index contributed by atoms with van der Waals surface area (Å²) in [6.45, 7) is 6.49. The molecule has 466 valence electrons. The lowest BCUT2D eigenvalue weighted by atomic mass is 10.0. The van der Waals surface area contributed by atoms with Gasteiger partial charge in [-0.05, 0) is 122 Å². The number of hydrogen-bond acceptors (Lipinski definition) is 6. The summed E-state index contributed by atoms with van der Waals surface area (Å²) in [4.78, 5) is 38.4. The smallest absolute Gasteiger partial charge is 0.306 e. The lowest BCUT2D eigenvalue weighted by Gasteiger charge is -2.18. The van der Waals surface area contributed by atoms with E-state index in [9.17, 15) is 14.4 Å². The number of unbranched alkanes of at least 4 members (excludes halogenated alkanes) is 36. The molecule has 0 bridgehead atoms. The maximum absolute atomic E-state index is 12.9. The molecule has 0 aromatic carbocycles. The van der Waals surface area contributed by atoms with Gasteiger partial charge in [0.05, 0.1) is 0 Å². The number of carbonyl (C=O) groups is 3. The highest BCUT2D eigenvalue weighted by molar-refractivity contribution is 5.71. The molecule has 0 aliphatic heterocycles. The molecule has 1 atom stereocenters. The van der Waals surface area contributed by atoms with Gasteiger partial charge in [-0.1, -0.05) is 298 Å². The SMILES string of the molecule is CC/C=C\C/C=C\C/C=C\C/C=C\CCCCCCC(=O)OC(COC(=O)CCCCCCC/C=C\C/C=C\CCCCC)COC(=O)CCCCCCCCCCCCCCCCCCCCC/C=C\C/C=C\CCCCCCC. The molecular formula is C75H130O6. The van der Waals surface area contributed by atoms with Gasteiger partial charge in [0.1, 0.15) is 13.2 Å². The first-order valence-corrected chi connectivity index (χ1v) is 34.7. The van der Waals surface area contributed by atoms with Crippen molar-refractivity contribution in [3.63, 3.8) is 0 Å². The molecule has 0 radical (unpaired) electrons. The summed E-state index contributed by atoms with van der Waals surface area (Å²) in [5, 5.41) is 0. The topological polar surface area (TPSA) is 78.9 Å². The second-order valence-electron chi connectivity index (χ2n) is 23.1. The Morgan fingerprint density at radius 2 is 0.481 bits per heavy atom. The molecule has 6 heteroatoms. The van der Waals surface area contributed by atoms with Crippen molar-refractivity contribution in [1.29, 1.82) is 0 Å². The van der Waals surface area contributed by atoms with E-state index in [1.165, 1.54) is 173 Å². The van der Waals surface area contributed by atoms with Crippen molar-refractivity contribution in [3.05, 3.63) is 97.2 Å². The minimum atomic E-state index is -0.798. The maximum atomic E-state index is 12.9. The molecule has 0 rings (SSSR count). The van der Waals surface area contributed by atoms with Crippen LogP contribution in [0.2, 0.25) is 0 Å². The Labute approximate surface area is 502 Å². The van der Waals surface area contributed by atoms with Crippen LogP contribution >= 0.6 is 0 Å². The minimum absolute atomic E-state index is 0.0900. The number of rotatable bonds is 63. The van der Waals surface area contributed by atoms with E-state index in [4.69, 9.17) is 14.2 Å². The van der Waals surface area contributed by atoms with Crippen LogP contribution in [0.1, 0.15) is 342 Å². The molecule has 0 saturated heterocycles. The van der Waals surface area contributed by atoms with Crippen LogP contribution in [-0.2, 0) is 28.6 Å². The third-order valence-electron chi connectivity index (χ3n) is 15.0. The van der Waals surface area contributed by atoms with E-state index in [2.05, 4.69) is 118 Å². The summed E-state index contributed by atoms with van der Waals surface area (Å²) in [5.74, 6) is -0.915. The Morgan fingerprint density at radius 3 is 0.778 bits per heavy atom. The van der Waals surface area contributed by atoms with Crippen LogP contribution in [0.15, 0.2) is 97.2 Å². The highest BCUT2D eigenvalue weighted by Gasteiger charge is 2.19. The van der Waals surface area contributed by atoms with Crippen LogP contribution in [0.5, 0.6) is 0 Å². The normalized spacial score (nSPS) is 12.7. The van der Waals surface area contributed by atoms with E-state index >= 15 is 0 Å². The first-order chi connectivity index (χ1) is 40.0. The van der Waals surface area contributed by atoms with Gasteiger partial charge in [0.2, 0.25) is 0 Å². The number of allylic oxidation sites excluding steroid dienone is 16. The predicted octanol–water partition coefficient (Wildman–Crippen LogP) is 24.0. The van der Waals surface area contributed by atoms with Gasteiger partial charge in [-0.2, -0.15) is 0 Å². The van der Waals surface area contributed by atoms with E-state index in [0.717, 1.165) is 128 Å². The lowest BCUT2D eigenvalue weighted by Crippen LogP contribution is -2.30. The Bertz CT molecular complexity index is 1580. The van der Waals surface area contributed by atoms with Gasteiger partial charge in [0.15, 0.2) is 6.10 Å². The fourth-order valence-corrected chi connectivity index (χ4v) is 9.85. The Balaban J connectivity index is 4.24. The second-order valence-corrected chi connectivity index (χ2v) is 23.1. The first-order valence-electron chi connectivity index (χ1n) is 34.7. The van der Waals surface area contributed by atoms with E-state index in [1.54, 1.807) is 0 Å². The molecular weight excluding hydrogens is 997 g/mol. The third kappa shape index (κ3) is 67.0. The van der Waals surface area contributed by atoms with Crippen molar-refractivity contribution < 1.29 is 28.6 Å². The van der Waals surface area contributed by atoms with Crippen molar-refractivity contribution in [2.24, 2.45) is 0 Å². The Kier molecular flexibility index (Phi) is 65.7. The summed E-state index contributed by atoms with van der Waals surface area (Å²) < 4.78 is 16.9. The van der Waals surface area contributed by atoms with E-state index in [0.29, 0.717) is 19.3 Å². The van der Waals surface area contributed by atoms with Crippen LogP contribution in [0.3, 0.4) is 0 Å². The zero-order chi connectivity index (χ0) is 58.5. The molecule has 0 amide bonds. The molecule has 1 unspecified atom stereocenters. The third-order valence-corrected chi connectivity index (χ3v) is 15.0. The summed E-state index contributed by atoms with van der Waals surface area (Å²) in [6.07, 6.45) is 93.0. The highest BCUT2D eigenvalue weighted by Crippen LogP contribution is 2.17. The van der Waals surface area contributed by atoms with Crippen molar-refractivity contribution in [1.82, 2.24) is 0 Å². The van der Waals surface area contributed by atoms with Crippen LogP contribution in [-0.4, -0.2) is 37.2 Å². The van der Waals surface area contributed by atoms with Gasteiger partial charge in [0.25, 0.3) is 0 Å². The maximum Gasteiger partial charge on any atom is 0.306 e. The molecule has 81 heavy (non-hydrogen) atoms. The first kappa shape index (κ1) is 77.3. The largest absolute Gasteiger partial charge is 0.462 e. The van der Waals surface area contributed by atoms with E-state index < -0.39 is 6.10 Å². The molecule has 6 nitrogen and oxygen atoms in total. The molecule has 0 aliphatic carbocycles. The standard InChI is InChI=1S/C75H130O6/c1-4-7-10-13-16-19-22-25-28-30-31-32-33-34-35-36-37-38-39-40-41-42-43-45-47-50-53-56-59-62-65-68-74(77)80-71-72(70-79-73(76)67-64-61-58-55-52-49-46-27-24-21-18-15-12-9-6-3)81-75(78)69-66-63-60-57-54-51-48-44-29-26-23-20-17-14-11-8-5-2/h8,11,17-18,20-22,25-27,29-31,46,48,51,72H,4-7,9-10,12-16,19,23-24,28,32-45,47,49-50,52-71H2,1-3H3/b11-8-,20-17-,21-18-,25-22-,29-26-,31-30-,46-27-,51-48-. The average molecular weight is 1130 g/mol. The monoisotopic (exact) mass is 1130 g/mol. The molecule has 0 N–H and O–H groups in total. The predicted molar refractivity (Wildman–Crippen MR) is 353 cm³/mol. The number of hydrogen-bond donors (Lipinski definition) is 0. The summed E-state index contributed by atoms with van der Waals surface area (Å²) in [5.41, 5.74) is 0. The van der Waals surface area contributed by atoms with Crippen LogP contribution in [0.4, 0.5) is 0 Å². The van der Waals surface area contributed by atoms with Crippen LogP contribution in [0.25, 0.3) is 0 Å². The van der Waals surface area contributed by atoms with Crippen molar-refractivity contribution in [3.8, 4) is 0 Å². The fourth-order valence-electron chi connectivity index (χ4n) is 9.85. The summed E-state index contributed by atoms with van der Waals surface area (Å²) >= 11 is 0. The van der Waals surface area contributed by atoms with E-state index in [-0.39, 0.29) is 31.1 Å². The molecule has 0 aromatic heterocycles. The summed E-state index contributed by atoms with van der Waals surface area (Å²) in [6, 6.07) is 0. The Hall–Kier alpha value is -3.67. The molecule has 0 saturated carbocycles. The van der Waals surface area contributed by atoms with Gasteiger partial charge in [-0.15, -0.1) is 0 Å². The quantitative estimate of drug-likeness (QED) is 0.0261. The summed E-state index contributed by atoms with van der Waals surface area (Å²) in [7, 11) is 0. The number of esters is 3. The van der Waals surface area contributed by atoms with Gasteiger partial charge in [-0.25, -0.2) is 0 Å². The fraction of sp³-hybridized carbons (Fsp3) is 0.747. The number of ether oxygens (including phenoxy) is 3. The van der Waals surface area contributed by atoms with Gasteiger partial charge >= 0.3 is 17.9 Å². The van der Waals surface area contributed by atoms with Crippen LogP contribution in [0, 0.1) is 0 Å². The highest BCUT2D eigenvalue weighted by atomic mass is 16.6. The average Bonchev–Trinajstić information content (AvgIpc) is 3.47. The molecule has 0 heterocycles. The van der Waals surface area contributed by atoms with Crippen molar-refractivity contribution in [2.45, 2.75) is 348 Å². The van der Waals surface area contributed by atoms with Crippen molar-refractivity contribution in [2.75, 3.05) is 13.2 Å². The molecule has 0 fully saturated rings. The van der Waals surface area contributed by atoms with Crippen molar-refractivity contribution >= 4 is 17.9 Å². The molecule has 0 aliphatic rings. The number of carbonyl (C=O) groups excluding carboxylic acids is 3. The Morgan fingerprint density at radius 1 is 0.259 bits per heavy atom. The molecule has 0 aromatic rings. The second kappa shape index (κ2) is 68.8. The van der Waals surface area contributed by atoms with Gasteiger partial charge < -0.3 is 14.2 Å². The van der Waals surface area contributed by atoms with Gasteiger partial charge in [0, 0.05) is 19.3 Å². The minimum Gasteiger partial charge on any atom is -0.462 e. The molecule has 0 spiro atoms. The van der Waals surface area contributed by atoms with Gasteiger partial charge in [-0.3, -0.25) is 14.4 Å².